The number of alkyl halides is 3. The molecule has 2 N–H and O–H groups in total. The second kappa shape index (κ2) is 7.06. The van der Waals surface area contributed by atoms with Crippen LogP contribution in [-0.4, -0.2) is 35.1 Å². The Balaban J connectivity index is 1.97. The topological polar surface area (TPSA) is 69.6 Å². The molecule has 1 aliphatic rings. The number of halogens is 4. The lowest BCUT2D eigenvalue weighted by Gasteiger charge is -2.30. The number of piperidine rings is 1. The van der Waals surface area contributed by atoms with Gasteiger partial charge in [0.1, 0.15) is 5.82 Å². The molecule has 0 atom stereocenters. The number of aliphatic carboxylic acids is 1. The summed E-state index contributed by atoms with van der Waals surface area (Å²) in [5, 5.41) is 11.2. The smallest absolute Gasteiger partial charge is 0.416 e. The lowest BCUT2D eigenvalue weighted by atomic mass is 9.97. The summed E-state index contributed by atoms with van der Waals surface area (Å²) in [4.78, 5) is 24.2. The van der Waals surface area contributed by atoms with Crippen LogP contribution in [0.3, 0.4) is 0 Å². The van der Waals surface area contributed by atoms with Gasteiger partial charge in [-0.3, -0.25) is 4.79 Å². The molecule has 0 radical (unpaired) electrons. The molecule has 132 valence electrons. The van der Waals surface area contributed by atoms with E-state index in [0.29, 0.717) is 18.9 Å². The standard InChI is InChI=1S/C15H16F4N2O3/c16-11-2-1-10(12(7-11)15(17,18)19)8-20-14(24)21-5-3-9(4-6-21)13(22)23/h1-2,7,9H,3-6,8H2,(H,20,24)(H,22,23). The van der Waals surface area contributed by atoms with Crippen molar-refractivity contribution >= 4 is 12.0 Å². The maximum Gasteiger partial charge on any atom is 0.416 e. The van der Waals surface area contributed by atoms with Crippen molar-refractivity contribution in [3.63, 3.8) is 0 Å². The minimum Gasteiger partial charge on any atom is -0.481 e. The molecule has 5 nitrogen and oxygen atoms in total. The van der Waals surface area contributed by atoms with Gasteiger partial charge in [-0.2, -0.15) is 13.2 Å². The maximum absolute atomic E-state index is 13.0. The summed E-state index contributed by atoms with van der Waals surface area (Å²) in [7, 11) is 0. The van der Waals surface area contributed by atoms with Crippen LogP contribution >= 0.6 is 0 Å². The molecule has 1 aromatic carbocycles. The second-order valence-corrected chi connectivity index (χ2v) is 5.56. The third-order valence-corrected chi connectivity index (χ3v) is 3.94. The second-order valence-electron chi connectivity index (χ2n) is 5.56. The van der Waals surface area contributed by atoms with Crippen molar-refractivity contribution in [2.75, 3.05) is 13.1 Å². The zero-order chi connectivity index (χ0) is 17.9. The van der Waals surface area contributed by atoms with Gasteiger partial charge in [-0.1, -0.05) is 6.07 Å². The minimum absolute atomic E-state index is 0.221. The van der Waals surface area contributed by atoms with Gasteiger partial charge in [0.25, 0.3) is 0 Å². The van der Waals surface area contributed by atoms with Crippen LogP contribution in [0.5, 0.6) is 0 Å². The summed E-state index contributed by atoms with van der Waals surface area (Å²) in [5.41, 5.74) is -1.37. The normalized spacial score (nSPS) is 16.1. The van der Waals surface area contributed by atoms with Gasteiger partial charge >= 0.3 is 18.2 Å². The first-order valence-electron chi connectivity index (χ1n) is 7.29. The van der Waals surface area contributed by atoms with Gasteiger partial charge in [0.2, 0.25) is 0 Å². The lowest BCUT2D eigenvalue weighted by Crippen LogP contribution is -2.45. The molecule has 0 aromatic heterocycles. The van der Waals surface area contributed by atoms with Crippen LogP contribution in [-0.2, 0) is 17.5 Å². The zero-order valence-corrected chi connectivity index (χ0v) is 12.6. The monoisotopic (exact) mass is 348 g/mol. The number of nitrogens with zero attached hydrogens (tertiary/aromatic N) is 1. The van der Waals surface area contributed by atoms with E-state index in [0.717, 1.165) is 12.1 Å². The Hall–Kier alpha value is -2.32. The molecule has 0 aliphatic carbocycles. The fourth-order valence-electron chi connectivity index (χ4n) is 2.58. The summed E-state index contributed by atoms with van der Waals surface area (Å²) < 4.78 is 51.7. The Morgan fingerprint density at radius 3 is 2.42 bits per heavy atom. The molecule has 2 amide bonds. The van der Waals surface area contributed by atoms with Crippen molar-refractivity contribution in [1.29, 1.82) is 0 Å². The maximum atomic E-state index is 13.0. The molecule has 0 bridgehead atoms. The highest BCUT2D eigenvalue weighted by molar-refractivity contribution is 5.75. The van der Waals surface area contributed by atoms with Gasteiger partial charge in [-0.05, 0) is 30.5 Å². The van der Waals surface area contributed by atoms with E-state index in [1.165, 1.54) is 4.90 Å². The van der Waals surface area contributed by atoms with Gasteiger partial charge in [-0.15, -0.1) is 0 Å². The predicted octanol–water partition coefficient (Wildman–Crippen LogP) is 2.85. The third kappa shape index (κ3) is 4.36. The number of nitrogens with one attached hydrogen (secondary N) is 1. The van der Waals surface area contributed by atoms with Gasteiger partial charge < -0.3 is 15.3 Å². The summed E-state index contributed by atoms with van der Waals surface area (Å²) >= 11 is 0. The Kier molecular flexibility index (Phi) is 5.30. The number of urea groups is 1. The molecule has 0 saturated carbocycles. The summed E-state index contributed by atoms with van der Waals surface area (Å²) in [5.74, 6) is -2.44. The Morgan fingerprint density at radius 1 is 1.25 bits per heavy atom. The van der Waals surface area contributed by atoms with Crippen LogP contribution in [0.1, 0.15) is 24.0 Å². The molecule has 0 unspecified atom stereocenters. The number of benzene rings is 1. The van der Waals surface area contributed by atoms with E-state index >= 15 is 0 Å². The van der Waals surface area contributed by atoms with Gasteiger partial charge in [0.05, 0.1) is 11.5 Å². The SMILES string of the molecule is O=C(O)C1CCN(C(=O)NCc2ccc(F)cc2C(F)(F)F)CC1. The fraction of sp³-hybridized carbons (Fsp3) is 0.467. The van der Waals surface area contributed by atoms with Crippen molar-refractivity contribution in [2.24, 2.45) is 5.92 Å². The fourth-order valence-corrected chi connectivity index (χ4v) is 2.58. The first-order chi connectivity index (χ1) is 11.2. The van der Waals surface area contributed by atoms with Crippen LogP contribution in [0.15, 0.2) is 18.2 Å². The molecular formula is C15H16F4N2O3. The average molecular weight is 348 g/mol. The lowest BCUT2D eigenvalue weighted by molar-refractivity contribution is -0.143. The molecular weight excluding hydrogens is 332 g/mol. The van der Waals surface area contributed by atoms with Crippen molar-refractivity contribution in [3.8, 4) is 0 Å². The number of hydrogen-bond donors (Lipinski definition) is 2. The number of carbonyl (C=O) groups excluding carboxylic acids is 1. The number of likely N-dealkylation sites (tertiary alicyclic amines) is 1. The molecule has 1 heterocycles. The number of carboxylic acid groups (broad SMARTS) is 1. The first kappa shape index (κ1) is 18.0. The third-order valence-electron chi connectivity index (χ3n) is 3.94. The van der Waals surface area contributed by atoms with Crippen LogP contribution in [0.25, 0.3) is 0 Å². The minimum atomic E-state index is -4.72. The highest BCUT2D eigenvalue weighted by atomic mass is 19.4. The van der Waals surface area contributed by atoms with Gasteiger partial charge in [0.15, 0.2) is 0 Å². The number of rotatable bonds is 3. The van der Waals surface area contributed by atoms with Crippen molar-refractivity contribution in [2.45, 2.75) is 25.6 Å². The summed E-state index contributed by atoms with van der Waals surface area (Å²) in [6.07, 6.45) is -4.12. The van der Waals surface area contributed by atoms with Crippen LogP contribution in [0.4, 0.5) is 22.4 Å². The van der Waals surface area contributed by atoms with E-state index in [1.807, 2.05) is 0 Å². The molecule has 2 rings (SSSR count). The molecule has 24 heavy (non-hydrogen) atoms. The van der Waals surface area contributed by atoms with Crippen LogP contribution < -0.4 is 5.32 Å². The molecule has 1 saturated heterocycles. The van der Waals surface area contributed by atoms with E-state index in [2.05, 4.69) is 5.32 Å². The Bertz CT molecular complexity index is 626. The summed E-state index contributed by atoms with van der Waals surface area (Å²) in [6.45, 7) is 0.0451. The van der Waals surface area contributed by atoms with E-state index < -0.39 is 42.0 Å². The van der Waals surface area contributed by atoms with Crippen molar-refractivity contribution in [1.82, 2.24) is 10.2 Å². The molecule has 1 fully saturated rings. The molecule has 1 aromatic rings. The van der Waals surface area contributed by atoms with E-state index in [1.54, 1.807) is 0 Å². The summed E-state index contributed by atoms with van der Waals surface area (Å²) in [6, 6.07) is 1.69. The number of carbonyl (C=O) groups is 2. The highest BCUT2D eigenvalue weighted by Crippen LogP contribution is 2.32. The number of carboxylic acids is 1. The average Bonchev–Trinajstić information content (AvgIpc) is 2.52. The van der Waals surface area contributed by atoms with Gasteiger partial charge in [0, 0.05) is 19.6 Å². The largest absolute Gasteiger partial charge is 0.481 e. The van der Waals surface area contributed by atoms with Crippen LogP contribution in [0, 0.1) is 11.7 Å². The van der Waals surface area contributed by atoms with E-state index in [9.17, 15) is 27.2 Å². The molecule has 0 spiro atoms. The van der Waals surface area contributed by atoms with E-state index in [-0.39, 0.29) is 18.7 Å². The van der Waals surface area contributed by atoms with E-state index in [4.69, 9.17) is 5.11 Å². The van der Waals surface area contributed by atoms with Crippen molar-refractivity contribution < 1.29 is 32.3 Å². The first-order valence-corrected chi connectivity index (χ1v) is 7.29. The van der Waals surface area contributed by atoms with Crippen molar-refractivity contribution in [3.05, 3.63) is 35.1 Å². The molecule has 1 aliphatic heterocycles. The molecule has 9 heteroatoms. The van der Waals surface area contributed by atoms with Gasteiger partial charge in [-0.25, -0.2) is 9.18 Å². The number of hydrogen-bond acceptors (Lipinski definition) is 2. The zero-order valence-electron chi connectivity index (χ0n) is 12.6. The predicted molar refractivity (Wildman–Crippen MR) is 75.6 cm³/mol. The quantitative estimate of drug-likeness (QED) is 0.826. The number of amides is 2. The Morgan fingerprint density at radius 2 is 1.88 bits per heavy atom. The highest BCUT2D eigenvalue weighted by Gasteiger charge is 2.34. The Labute approximate surface area is 135 Å². The van der Waals surface area contributed by atoms with Crippen LogP contribution in [0.2, 0.25) is 0 Å².